The lowest BCUT2D eigenvalue weighted by Crippen LogP contribution is -2.35. The van der Waals surface area contributed by atoms with Crippen LogP contribution in [0.3, 0.4) is 0 Å². The molecule has 7 nitrogen and oxygen atoms in total. The molecular formula is C19H24N2O5S. The number of imide groups is 1. The minimum Gasteiger partial charge on any atom is -0.396 e. The molecule has 27 heavy (non-hydrogen) atoms. The lowest BCUT2D eigenvalue weighted by molar-refractivity contribution is -0.137. The number of amides is 3. The van der Waals surface area contributed by atoms with Crippen LogP contribution in [0.25, 0.3) is 5.57 Å². The van der Waals surface area contributed by atoms with E-state index in [9.17, 15) is 14.4 Å². The van der Waals surface area contributed by atoms with Gasteiger partial charge in [0, 0.05) is 18.4 Å². The van der Waals surface area contributed by atoms with Crippen molar-refractivity contribution in [3.05, 3.63) is 34.7 Å². The average Bonchev–Trinajstić information content (AvgIpc) is 2.84. The van der Waals surface area contributed by atoms with Gasteiger partial charge in [0.2, 0.25) is 5.91 Å². The molecule has 0 saturated carbocycles. The van der Waals surface area contributed by atoms with Crippen LogP contribution in [0.1, 0.15) is 26.3 Å². The number of nitrogens with zero attached hydrogens (tertiary/aromatic N) is 1. The van der Waals surface area contributed by atoms with Crippen molar-refractivity contribution in [1.29, 1.82) is 0 Å². The summed E-state index contributed by atoms with van der Waals surface area (Å²) in [4.78, 5) is 38.3. The van der Waals surface area contributed by atoms with Gasteiger partial charge in [-0.1, -0.05) is 12.1 Å². The number of rotatable bonds is 9. The summed E-state index contributed by atoms with van der Waals surface area (Å²) < 4.78 is 5.46. The Bertz CT molecular complexity index is 743. The number of carbonyl (C=O) groups excluding carboxylic acids is 3. The minimum atomic E-state index is -0.375. The van der Waals surface area contributed by atoms with Crippen LogP contribution in [-0.2, 0) is 19.1 Å². The van der Waals surface area contributed by atoms with E-state index in [1.165, 1.54) is 11.8 Å². The number of thioether (sulfide) groups is 1. The Balaban J connectivity index is 2.27. The van der Waals surface area contributed by atoms with Gasteiger partial charge in [-0.2, -0.15) is 0 Å². The second kappa shape index (κ2) is 9.68. The number of benzene rings is 1. The number of aliphatic hydroxyl groups is 1. The van der Waals surface area contributed by atoms with Crippen molar-refractivity contribution in [2.45, 2.75) is 26.9 Å². The molecule has 1 aromatic carbocycles. The van der Waals surface area contributed by atoms with E-state index in [0.717, 1.165) is 11.8 Å². The van der Waals surface area contributed by atoms with Gasteiger partial charge in [0.15, 0.2) is 0 Å². The van der Waals surface area contributed by atoms with Crippen molar-refractivity contribution in [3.8, 4) is 0 Å². The first-order valence-corrected chi connectivity index (χ1v) is 9.67. The molecule has 0 unspecified atom stereocenters. The molecule has 0 fully saturated rings. The molecule has 0 atom stereocenters. The van der Waals surface area contributed by atoms with Crippen LogP contribution in [0.5, 0.6) is 0 Å². The van der Waals surface area contributed by atoms with Gasteiger partial charge in [-0.15, -0.1) is 11.8 Å². The summed E-state index contributed by atoms with van der Waals surface area (Å²) in [5.74, 6) is -0.616. The minimum absolute atomic E-state index is 0.00907. The zero-order chi connectivity index (χ0) is 20.0. The van der Waals surface area contributed by atoms with E-state index in [4.69, 9.17) is 9.84 Å². The van der Waals surface area contributed by atoms with Gasteiger partial charge >= 0.3 is 0 Å². The third kappa shape index (κ3) is 5.41. The van der Waals surface area contributed by atoms with Crippen molar-refractivity contribution >= 4 is 40.7 Å². The molecule has 1 aliphatic heterocycles. The molecule has 1 aliphatic rings. The first-order chi connectivity index (χ1) is 12.8. The van der Waals surface area contributed by atoms with E-state index in [0.29, 0.717) is 27.5 Å². The van der Waals surface area contributed by atoms with Crippen molar-refractivity contribution < 1.29 is 24.2 Å². The van der Waals surface area contributed by atoms with Gasteiger partial charge in [-0.05, 0) is 31.5 Å². The van der Waals surface area contributed by atoms with Gasteiger partial charge in [0.05, 0.1) is 36.3 Å². The second-order valence-electron chi connectivity index (χ2n) is 6.22. The van der Waals surface area contributed by atoms with E-state index in [2.05, 4.69) is 5.32 Å². The summed E-state index contributed by atoms with van der Waals surface area (Å²) in [7, 11) is 0. The smallest absolute Gasteiger partial charge is 0.268 e. The van der Waals surface area contributed by atoms with Crippen LogP contribution in [-0.4, -0.2) is 59.3 Å². The zero-order valence-electron chi connectivity index (χ0n) is 15.7. The number of anilines is 1. The third-order valence-electron chi connectivity index (χ3n) is 3.72. The molecule has 1 heterocycles. The van der Waals surface area contributed by atoms with Gasteiger partial charge in [0.25, 0.3) is 11.8 Å². The molecule has 8 heteroatoms. The molecule has 2 N–H and O–H groups in total. The molecule has 0 aromatic heterocycles. The Kier molecular flexibility index (Phi) is 7.58. The highest BCUT2D eigenvalue weighted by Gasteiger charge is 2.38. The predicted molar refractivity (Wildman–Crippen MR) is 105 cm³/mol. The van der Waals surface area contributed by atoms with Gasteiger partial charge < -0.3 is 15.2 Å². The molecule has 0 bridgehead atoms. The lowest BCUT2D eigenvalue weighted by atomic mass is 10.1. The van der Waals surface area contributed by atoms with Crippen molar-refractivity contribution in [2.24, 2.45) is 0 Å². The molecular weight excluding hydrogens is 368 g/mol. The standard InChI is InChI=1S/C19H24N2O5S/c1-12(2)26-10-8-21-18(24)16(17(19(21)25)27-11-9-22)14-4-6-15(7-5-14)20-13(3)23/h4-7,12,22H,8-11H2,1-3H3,(H,20,23). The van der Waals surface area contributed by atoms with Gasteiger partial charge in [-0.3, -0.25) is 19.3 Å². The highest BCUT2D eigenvalue weighted by atomic mass is 32.2. The second-order valence-corrected chi connectivity index (χ2v) is 7.32. The normalized spacial score (nSPS) is 14.5. The Hall–Kier alpha value is -2.16. The molecule has 0 aliphatic carbocycles. The number of aliphatic hydroxyl groups excluding tert-OH is 1. The van der Waals surface area contributed by atoms with Gasteiger partial charge in [-0.25, -0.2) is 0 Å². The third-order valence-corrected chi connectivity index (χ3v) is 4.78. The maximum Gasteiger partial charge on any atom is 0.268 e. The van der Waals surface area contributed by atoms with E-state index in [1.54, 1.807) is 24.3 Å². The molecule has 3 amide bonds. The summed E-state index contributed by atoms with van der Waals surface area (Å²) in [6.45, 7) is 5.53. The number of hydrogen-bond acceptors (Lipinski definition) is 6. The van der Waals surface area contributed by atoms with Crippen molar-refractivity contribution in [3.63, 3.8) is 0 Å². The average molecular weight is 392 g/mol. The van der Waals surface area contributed by atoms with Crippen molar-refractivity contribution in [1.82, 2.24) is 4.90 Å². The van der Waals surface area contributed by atoms with Crippen molar-refractivity contribution in [2.75, 3.05) is 30.8 Å². The Morgan fingerprint density at radius 1 is 1.22 bits per heavy atom. The molecule has 1 aromatic rings. The maximum absolute atomic E-state index is 12.9. The monoisotopic (exact) mass is 392 g/mol. The van der Waals surface area contributed by atoms with E-state index in [1.807, 2.05) is 13.8 Å². The SMILES string of the molecule is CC(=O)Nc1ccc(C2=C(SCCO)C(=O)N(CCOC(C)C)C2=O)cc1. The molecule has 2 rings (SSSR count). The number of nitrogens with one attached hydrogen (secondary N) is 1. The highest BCUT2D eigenvalue weighted by Crippen LogP contribution is 2.36. The van der Waals surface area contributed by atoms with E-state index < -0.39 is 0 Å². The first-order valence-electron chi connectivity index (χ1n) is 8.69. The molecule has 0 spiro atoms. The Morgan fingerprint density at radius 3 is 2.44 bits per heavy atom. The fraction of sp³-hybridized carbons (Fsp3) is 0.421. The Labute approximate surface area is 162 Å². The summed E-state index contributed by atoms with van der Waals surface area (Å²) in [5.41, 5.74) is 1.52. The van der Waals surface area contributed by atoms with E-state index >= 15 is 0 Å². The molecule has 146 valence electrons. The zero-order valence-corrected chi connectivity index (χ0v) is 16.5. The van der Waals surface area contributed by atoms with Crippen LogP contribution < -0.4 is 5.32 Å². The Morgan fingerprint density at radius 2 is 1.89 bits per heavy atom. The highest BCUT2D eigenvalue weighted by molar-refractivity contribution is 8.04. The van der Waals surface area contributed by atoms with Crippen LogP contribution in [0.4, 0.5) is 5.69 Å². The summed E-state index contributed by atoms with van der Waals surface area (Å²) in [6.07, 6.45) is 0.00907. The van der Waals surface area contributed by atoms with Crippen LogP contribution in [0, 0.1) is 0 Å². The summed E-state index contributed by atoms with van der Waals surface area (Å²) in [5, 5.41) is 11.8. The number of carbonyl (C=O) groups is 3. The van der Waals surface area contributed by atoms with Crippen LogP contribution >= 0.6 is 11.8 Å². The maximum atomic E-state index is 12.9. The number of ether oxygens (including phenoxy) is 1. The number of hydrogen-bond donors (Lipinski definition) is 2. The first kappa shape index (κ1) is 21.1. The van der Waals surface area contributed by atoms with E-state index in [-0.39, 0.29) is 43.6 Å². The fourth-order valence-electron chi connectivity index (χ4n) is 2.60. The quantitative estimate of drug-likeness (QED) is 0.623. The van der Waals surface area contributed by atoms with Crippen LogP contribution in [0.2, 0.25) is 0 Å². The predicted octanol–water partition coefficient (Wildman–Crippen LogP) is 1.88. The fourth-order valence-corrected chi connectivity index (χ4v) is 3.47. The lowest BCUT2D eigenvalue weighted by Gasteiger charge is -2.16. The summed E-state index contributed by atoms with van der Waals surface area (Å²) in [6, 6.07) is 6.75. The van der Waals surface area contributed by atoms with Gasteiger partial charge in [0.1, 0.15) is 0 Å². The molecule has 0 saturated heterocycles. The largest absolute Gasteiger partial charge is 0.396 e. The topological polar surface area (TPSA) is 95.9 Å². The van der Waals surface area contributed by atoms with Crippen LogP contribution in [0.15, 0.2) is 29.2 Å². The summed E-state index contributed by atoms with van der Waals surface area (Å²) >= 11 is 1.16. The molecule has 0 radical (unpaired) electrons.